The molecule has 2 atom stereocenters. The number of nitrogens with one attached hydrogen (secondary N) is 1. The first kappa shape index (κ1) is 16.5. The lowest BCUT2D eigenvalue weighted by atomic mass is 10.1. The van der Waals surface area contributed by atoms with Crippen LogP contribution in [0.15, 0.2) is 24.3 Å². The molecule has 1 amide bonds. The van der Waals surface area contributed by atoms with Gasteiger partial charge in [0.2, 0.25) is 5.91 Å². The van der Waals surface area contributed by atoms with Gasteiger partial charge in [-0.05, 0) is 37.5 Å². The van der Waals surface area contributed by atoms with Crippen LogP contribution in [-0.4, -0.2) is 18.6 Å². The third-order valence-electron chi connectivity index (χ3n) is 3.01. The number of ether oxygens (including phenoxy) is 1. The summed E-state index contributed by atoms with van der Waals surface area (Å²) in [6.45, 7) is 9.01. The van der Waals surface area contributed by atoms with E-state index in [-0.39, 0.29) is 18.0 Å². The second kappa shape index (κ2) is 7.90. The minimum atomic E-state index is -0.283. The van der Waals surface area contributed by atoms with E-state index < -0.39 is 0 Å². The van der Waals surface area contributed by atoms with E-state index >= 15 is 0 Å². The Morgan fingerprint density at radius 3 is 2.30 bits per heavy atom. The van der Waals surface area contributed by atoms with Gasteiger partial charge in [0.05, 0.1) is 6.61 Å². The number of carbonyl (C=O) groups is 1. The number of hydrogen-bond donors (Lipinski definition) is 2. The van der Waals surface area contributed by atoms with Gasteiger partial charge in [-0.1, -0.05) is 26.0 Å². The molecule has 0 saturated heterocycles. The molecule has 20 heavy (non-hydrogen) atoms. The van der Waals surface area contributed by atoms with E-state index in [9.17, 15) is 4.79 Å². The average molecular weight is 278 g/mol. The van der Waals surface area contributed by atoms with Gasteiger partial charge in [-0.25, -0.2) is 0 Å². The summed E-state index contributed by atoms with van der Waals surface area (Å²) in [5.41, 5.74) is 6.35. The van der Waals surface area contributed by atoms with Gasteiger partial charge in [0, 0.05) is 18.5 Å². The third-order valence-corrected chi connectivity index (χ3v) is 3.01. The lowest BCUT2D eigenvalue weighted by molar-refractivity contribution is -0.118. The number of primary amides is 1. The second-order valence-corrected chi connectivity index (χ2v) is 5.73. The molecule has 0 spiro atoms. The van der Waals surface area contributed by atoms with Crippen LogP contribution in [0.5, 0.6) is 5.75 Å². The molecule has 1 aromatic rings. The van der Waals surface area contributed by atoms with Crippen molar-refractivity contribution in [3.63, 3.8) is 0 Å². The first-order chi connectivity index (χ1) is 9.38. The van der Waals surface area contributed by atoms with Gasteiger partial charge in [0.25, 0.3) is 0 Å². The predicted molar refractivity (Wildman–Crippen MR) is 81.6 cm³/mol. The monoisotopic (exact) mass is 278 g/mol. The topological polar surface area (TPSA) is 64.3 Å². The van der Waals surface area contributed by atoms with E-state index in [0.717, 1.165) is 12.4 Å². The van der Waals surface area contributed by atoms with Crippen molar-refractivity contribution >= 4 is 5.91 Å². The highest BCUT2D eigenvalue weighted by molar-refractivity contribution is 5.74. The van der Waals surface area contributed by atoms with Crippen LogP contribution in [0, 0.1) is 5.92 Å². The number of hydrogen-bond acceptors (Lipinski definition) is 3. The summed E-state index contributed by atoms with van der Waals surface area (Å²) < 4.78 is 5.65. The molecular weight excluding hydrogens is 252 g/mol. The number of carbonyl (C=O) groups excluding carboxylic acids is 1. The molecule has 0 aromatic heterocycles. The molecule has 4 heteroatoms. The van der Waals surface area contributed by atoms with Gasteiger partial charge >= 0.3 is 0 Å². The van der Waals surface area contributed by atoms with Crippen molar-refractivity contribution in [2.45, 2.75) is 46.2 Å². The number of benzene rings is 1. The van der Waals surface area contributed by atoms with Crippen LogP contribution >= 0.6 is 0 Å². The van der Waals surface area contributed by atoms with Gasteiger partial charge in [-0.15, -0.1) is 0 Å². The highest BCUT2D eigenvalue weighted by Gasteiger charge is 2.11. The summed E-state index contributed by atoms with van der Waals surface area (Å²) in [4.78, 5) is 10.9. The summed E-state index contributed by atoms with van der Waals surface area (Å²) in [6, 6.07) is 8.29. The molecule has 0 aliphatic heterocycles. The lowest BCUT2D eigenvalue weighted by Gasteiger charge is -2.19. The summed E-state index contributed by atoms with van der Waals surface area (Å²) in [6.07, 6.45) is 0.347. The van der Waals surface area contributed by atoms with Crippen molar-refractivity contribution in [2.24, 2.45) is 11.7 Å². The summed E-state index contributed by atoms with van der Waals surface area (Å²) in [7, 11) is 0. The van der Waals surface area contributed by atoms with Crippen molar-refractivity contribution in [3.05, 3.63) is 29.8 Å². The van der Waals surface area contributed by atoms with Gasteiger partial charge in [-0.2, -0.15) is 0 Å². The number of amides is 1. The van der Waals surface area contributed by atoms with E-state index in [1.165, 1.54) is 5.56 Å². The molecule has 0 saturated carbocycles. The quantitative estimate of drug-likeness (QED) is 0.768. The van der Waals surface area contributed by atoms with Crippen LogP contribution in [0.1, 0.15) is 45.7 Å². The van der Waals surface area contributed by atoms with Crippen molar-refractivity contribution in [1.29, 1.82) is 0 Å². The van der Waals surface area contributed by atoms with E-state index in [2.05, 4.69) is 26.1 Å². The number of nitrogens with two attached hydrogens (primary N) is 1. The Hall–Kier alpha value is -1.55. The minimum Gasteiger partial charge on any atom is -0.493 e. The first-order valence-corrected chi connectivity index (χ1v) is 7.15. The fourth-order valence-corrected chi connectivity index (χ4v) is 2.00. The van der Waals surface area contributed by atoms with E-state index in [4.69, 9.17) is 10.5 Å². The van der Waals surface area contributed by atoms with Crippen molar-refractivity contribution in [2.75, 3.05) is 6.61 Å². The summed E-state index contributed by atoms with van der Waals surface area (Å²) in [5, 5.41) is 3.36. The van der Waals surface area contributed by atoms with Crippen LogP contribution < -0.4 is 15.8 Å². The van der Waals surface area contributed by atoms with Crippen LogP contribution in [-0.2, 0) is 4.79 Å². The van der Waals surface area contributed by atoms with Crippen LogP contribution in [0.25, 0.3) is 0 Å². The largest absolute Gasteiger partial charge is 0.493 e. The maximum atomic E-state index is 10.9. The Morgan fingerprint density at radius 1 is 1.20 bits per heavy atom. The Kier molecular flexibility index (Phi) is 6.52. The molecule has 0 aliphatic rings. The SMILES string of the molecule is CC(C)COc1ccc(C(C)NC(C)CC(N)=O)cc1. The zero-order valence-electron chi connectivity index (χ0n) is 12.8. The van der Waals surface area contributed by atoms with Crippen molar-refractivity contribution in [1.82, 2.24) is 5.32 Å². The van der Waals surface area contributed by atoms with Gasteiger partial charge in [-0.3, -0.25) is 4.79 Å². The maximum Gasteiger partial charge on any atom is 0.218 e. The van der Waals surface area contributed by atoms with E-state index in [0.29, 0.717) is 12.3 Å². The molecule has 0 aliphatic carbocycles. The highest BCUT2D eigenvalue weighted by atomic mass is 16.5. The average Bonchev–Trinajstić information content (AvgIpc) is 2.35. The molecule has 0 bridgehead atoms. The maximum absolute atomic E-state index is 10.9. The molecule has 1 rings (SSSR count). The third kappa shape index (κ3) is 6.06. The van der Waals surface area contributed by atoms with Crippen LogP contribution in [0.3, 0.4) is 0 Å². The van der Waals surface area contributed by atoms with Crippen LogP contribution in [0.4, 0.5) is 0 Å². The fraction of sp³-hybridized carbons (Fsp3) is 0.562. The summed E-state index contributed by atoms with van der Waals surface area (Å²) >= 11 is 0. The van der Waals surface area contributed by atoms with E-state index in [1.54, 1.807) is 0 Å². The molecular formula is C16H26N2O2. The van der Waals surface area contributed by atoms with E-state index in [1.807, 2.05) is 31.2 Å². The lowest BCUT2D eigenvalue weighted by Crippen LogP contribution is -2.32. The molecule has 0 heterocycles. The zero-order chi connectivity index (χ0) is 15.1. The molecule has 112 valence electrons. The second-order valence-electron chi connectivity index (χ2n) is 5.73. The van der Waals surface area contributed by atoms with Gasteiger partial charge < -0.3 is 15.8 Å². The molecule has 0 radical (unpaired) electrons. The molecule has 1 aromatic carbocycles. The molecule has 2 unspecified atom stereocenters. The fourth-order valence-electron chi connectivity index (χ4n) is 2.00. The summed E-state index contributed by atoms with van der Waals surface area (Å²) in [5.74, 6) is 1.12. The van der Waals surface area contributed by atoms with Crippen molar-refractivity contribution in [3.8, 4) is 5.75 Å². The van der Waals surface area contributed by atoms with Crippen molar-refractivity contribution < 1.29 is 9.53 Å². The molecule has 3 N–H and O–H groups in total. The smallest absolute Gasteiger partial charge is 0.218 e. The highest BCUT2D eigenvalue weighted by Crippen LogP contribution is 2.18. The first-order valence-electron chi connectivity index (χ1n) is 7.15. The normalized spacial score (nSPS) is 14.1. The van der Waals surface area contributed by atoms with Gasteiger partial charge in [0.15, 0.2) is 0 Å². The standard InChI is InChI=1S/C16H26N2O2/c1-11(2)10-20-15-7-5-14(6-8-15)13(4)18-12(3)9-16(17)19/h5-8,11-13,18H,9-10H2,1-4H3,(H2,17,19). The van der Waals surface area contributed by atoms with Crippen LogP contribution in [0.2, 0.25) is 0 Å². The molecule has 4 nitrogen and oxygen atoms in total. The Morgan fingerprint density at radius 2 is 1.80 bits per heavy atom. The zero-order valence-corrected chi connectivity index (χ0v) is 12.8. The van der Waals surface area contributed by atoms with Gasteiger partial charge in [0.1, 0.15) is 5.75 Å². The Labute approximate surface area is 121 Å². The number of rotatable bonds is 8. The predicted octanol–water partition coefficient (Wildman–Crippen LogP) is 2.64. The Balaban J connectivity index is 2.52. The molecule has 0 fully saturated rings. The minimum absolute atomic E-state index is 0.0689. The Bertz CT molecular complexity index is 415.